The molecule has 0 aromatic heterocycles. The molecule has 8 nitrogen and oxygen atoms in total. The Balaban J connectivity index is 1.32. The van der Waals surface area contributed by atoms with Crippen LogP contribution in [0.15, 0.2) is 48.5 Å². The van der Waals surface area contributed by atoms with E-state index in [0.717, 1.165) is 44.6 Å². The molecule has 2 aromatic rings. The summed E-state index contributed by atoms with van der Waals surface area (Å²) in [6, 6.07) is 15.0. The van der Waals surface area contributed by atoms with Crippen molar-refractivity contribution in [2.24, 2.45) is 5.92 Å². The fourth-order valence-electron chi connectivity index (χ4n) is 4.77. The topological polar surface area (TPSA) is 85.0 Å². The number of hydrogen-bond donors (Lipinski definition) is 2. The first-order valence-electron chi connectivity index (χ1n) is 12.6. The van der Waals surface area contributed by atoms with Crippen LogP contribution in [0, 0.1) is 5.92 Å². The Morgan fingerprint density at radius 2 is 1.49 bits per heavy atom. The third-order valence-electron chi connectivity index (χ3n) is 7.01. The molecule has 0 spiro atoms. The molecule has 35 heavy (non-hydrogen) atoms. The number of piperazine rings is 1. The van der Waals surface area contributed by atoms with Gasteiger partial charge in [0.15, 0.2) is 0 Å². The fraction of sp³-hybridized carbons (Fsp3) is 0.444. The van der Waals surface area contributed by atoms with E-state index >= 15 is 0 Å². The number of benzene rings is 2. The molecular formula is C27H33N5O3. The molecule has 5 rings (SSSR count). The van der Waals surface area contributed by atoms with Gasteiger partial charge in [0.05, 0.1) is 11.4 Å². The predicted octanol–water partition coefficient (Wildman–Crippen LogP) is 2.43. The lowest BCUT2D eigenvalue weighted by Gasteiger charge is -2.37. The summed E-state index contributed by atoms with van der Waals surface area (Å²) < 4.78 is 0. The van der Waals surface area contributed by atoms with Gasteiger partial charge in [0.1, 0.15) is 0 Å². The van der Waals surface area contributed by atoms with Gasteiger partial charge < -0.3 is 25.3 Å². The van der Waals surface area contributed by atoms with E-state index < -0.39 is 0 Å². The van der Waals surface area contributed by atoms with Crippen LogP contribution < -0.4 is 15.5 Å². The molecule has 3 fully saturated rings. The lowest BCUT2D eigenvalue weighted by Crippen LogP contribution is -2.49. The highest BCUT2D eigenvalue weighted by atomic mass is 16.2. The average Bonchev–Trinajstić information content (AvgIpc) is 3.76. The Morgan fingerprint density at radius 1 is 0.771 bits per heavy atom. The molecule has 3 aliphatic rings. The van der Waals surface area contributed by atoms with Crippen LogP contribution in [-0.2, 0) is 4.79 Å². The molecule has 2 heterocycles. The molecule has 3 amide bonds. The number of nitrogens with zero attached hydrogens (tertiary/aromatic N) is 3. The molecule has 2 aliphatic heterocycles. The SMILES string of the molecule is O=C(Nc1cc(C(=O)N2CCCNCC2)ccc1N1CCN(C(=O)c2ccccc2)CC1)C1CC1. The second-order valence-electron chi connectivity index (χ2n) is 9.54. The molecule has 2 N–H and O–H groups in total. The minimum absolute atomic E-state index is 0.000415. The standard InChI is InChI=1S/C27H33N5O3/c33-25(20-7-8-20)29-23-19-22(27(35)31-13-4-11-28-12-14-31)9-10-24(23)30-15-17-32(18-16-30)26(34)21-5-2-1-3-6-21/h1-3,5-6,9-10,19-20,28H,4,7-8,11-18H2,(H,29,33). The van der Waals surface area contributed by atoms with Crippen molar-refractivity contribution in [1.82, 2.24) is 15.1 Å². The van der Waals surface area contributed by atoms with Crippen LogP contribution in [0.3, 0.4) is 0 Å². The second kappa shape index (κ2) is 10.5. The molecule has 0 unspecified atom stereocenters. The van der Waals surface area contributed by atoms with E-state index in [1.165, 1.54) is 0 Å². The summed E-state index contributed by atoms with van der Waals surface area (Å²) in [5.74, 6) is 0.132. The third kappa shape index (κ3) is 5.48. The van der Waals surface area contributed by atoms with Gasteiger partial charge in [0.2, 0.25) is 5.91 Å². The number of amides is 3. The zero-order valence-corrected chi connectivity index (χ0v) is 20.0. The van der Waals surface area contributed by atoms with Crippen LogP contribution in [0.1, 0.15) is 40.0 Å². The van der Waals surface area contributed by atoms with Crippen LogP contribution in [0.4, 0.5) is 11.4 Å². The lowest BCUT2D eigenvalue weighted by atomic mass is 10.1. The number of carbonyl (C=O) groups excluding carboxylic acids is 3. The molecule has 184 valence electrons. The molecule has 0 bridgehead atoms. The molecule has 2 saturated heterocycles. The van der Waals surface area contributed by atoms with Crippen molar-refractivity contribution >= 4 is 29.1 Å². The normalized spacial score (nSPS) is 18.7. The Labute approximate surface area is 206 Å². The lowest BCUT2D eigenvalue weighted by molar-refractivity contribution is -0.117. The first kappa shape index (κ1) is 23.4. The summed E-state index contributed by atoms with van der Waals surface area (Å²) in [6.07, 6.45) is 2.77. The van der Waals surface area contributed by atoms with E-state index in [1.54, 1.807) is 0 Å². The summed E-state index contributed by atoms with van der Waals surface area (Å²) in [6.45, 7) is 5.66. The van der Waals surface area contributed by atoms with E-state index in [2.05, 4.69) is 15.5 Å². The summed E-state index contributed by atoms with van der Waals surface area (Å²) in [7, 11) is 0. The Hall–Kier alpha value is -3.39. The number of nitrogens with one attached hydrogen (secondary N) is 2. The van der Waals surface area contributed by atoms with Crippen molar-refractivity contribution < 1.29 is 14.4 Å². The van der Waals surface area contributed by atoms with E-state index in [0.29, 0.717) is 49.5 Å². The molecule has 0 atom stereocenters. The van der Waals surface area contributed by atoms with E-state index in [4.69, 9.17) is 0 Å². The van der Waals surface area contributed by atoms with Gasteiger partial charge in [-0.3, -0.25) is 14.4 Å². The van der Waals surface area contributed by atoms with Gasteiger partial charge in [-0.25, -0.2) is 0 Å². The Bertz CT molecular complexity index is 1070. The van der Waals surface area contributed by atoms with Gasteiger partial charge in [-0.15, -0.1) is 0 Å². The van der Waals surface area contributed by atoms with Crippen molar-refractivity contribution in [3.8, 4) is 0 Å². The minimum Gasteiger partial charge on any atom is -0.366 e. The second-order valence-corrected chi connectivity index (χ2v) is 9.54. The zero-order valence-electron chi connectivity index (χ0n) is 20.0. The first-order chi connectivity index (χ1) is 17.1. The van der Waals surface area contributed by atoms with E-state index in [9.17, 15) is 14.4 Å². The fourth-order valence-corrected chi connectivity index (χ4v) is 4.77. The monoisotopic (exact) mass is 475 g/mol. The smallest absolute Gasteiger partial charge is 0.253 e. The number of carbonyl (C=O) groups is 3. The number of hydrogen-bond acceptors (Lipinski definition) is 5. The van der Waals surface area contributed by atoms with E-state index in [1.807, 2.05) is 58.3 Å². The molecule has 1 aliphatic carbocycles. The summed E-state index contributed by atoms with van der Waals surface area (Å²) in [4.78, 5) is 44.6. The van der Waals surface area contributed by atoms with Crippen LogP contribution in [-0.4, -0.2) is 79.9 Å². The van der Waals surface area contributed by atoms with Crippen LogP contribution in [0.25, 0.3) is 0 Å². The van der Waals surface area contributed by atoms with Crippen molar-refractivity contribution in [2.75, 3.05) is 62.6 Å². The molecular weight excluding hydrogens is 442 g/mol. The molecule has 8 heteroatoms. The van der Waals surface area contributed by atoms with Crippen LogP contribution in [0.2, 0.25) is 0 Å². The molecule has 0 radical (unpaired) electrons. The highest BCUT2D eigenvalue weighted by Gasteiger charge is 2.31. The minimum atomic E-state index is 0.000415. The van der Waals surface area contributed by atoms with Crippen molar-refractivity contribution in [3.63, 3.8) is 0 Å². The third-order valence-corrected chi connectivity index (χ3v) is 7.01. The average molecular weight is 476 g/mol. The van der Waals surface area contributed by atoms with Gasteiger partial charge in [-0.05, 0) is 56.1 Å². The van der Waals surface area contributed by atoms with Crippen LogP contribution in [0.5, 0.6) is 0 Å². The first-order valence-corrected chi connectivity index (χ1v) is 12.6. The Morgan fingerprint density at radius 3 is 2.23 bits per heavy atom. The highest BCUT2D eigenvalue weighted by Crippen LogP contribution is 2.34. The summed E-state index contributed by atoms with van der Waals surface area (Å²) in [5.41, 5.74) is 2.88. The van der Waals surface area contributed by atoms with Gasteiger partial charge in [-0.2, -0.15) is 0 Å². The van der Waals surface area contributed by atoms with Gasteiger partial charge >= 0.3 is 0 Å². The van der Waals surface area contributed by atoms with Gasteiger partial charge in [-0.1, -0.05) is 18.2 Å². The van der Waals surface area contributed by atoms with Crippen molar-refractivity contribution in [2.45, 2.75) is 19.3 Å². The van der Waals surface area contributed by atoms with Crippen molar-refractivity contribution in [3.05, 3.63) is 59.7 Å². The largest absolute Gasteiger partial charge is 0.366 e. The number of rotatable bonds is 5. The van der Waals surface area contributed by atoms with Crippen molar-refractivity contribution in [1.29, 1.82) is 0 Å². The van der Waals surface area contributed by atoms with Gasteiger partial charge in [0, 0.05) is 62.9 Å². The molecule has 1 saturated carbocycles. The Kier molecular flexibility index (Phi) is 6.99. The maximum Gasteiger partial charge on any atom is 0.253 e. The van der Waals surface area contributed by atoms with Gasteiger partial charge in [0.25, 0.3) is 11.8 Å². The highest BCUT2D eigenvalue weighted by molar-refractivity contribution is 6.01. The molecule has 2 aromatic carbocycles. The maximum absolute atomic E-state index is 13.2. The summed E-state index contributed by atoms with van der Waals surface area (Å²) in [5, 5.41) is 6.42. The predicted molar refractivity (Wildman–Crippen MR) is 136 cm³/mol. The number of anilines is 2. The van der Waals surface area contributed by atoms with E-state index in [-0.39, 0.29) is 23.6 Å². The zero-order chi connectivity index (χ0) is 24.2. The summed E-state index contributed by atoms with van der Waals surface area (Å²) >= 11 is 0. The van der Waals surface area contributed by atoms with Crippen LogP contribution >= 0.6 is 0 Å². The maximum atomic E-state index is 13.2. The quantitative estimate of drug-likeness (QED) is 0.694.